The van der Waals surface area contributed by atoms with Crippen molar-refractivity contribution < 1.29 is 28.5 Å². The average Bonchev–Trinajstić information content (AvgIpc) is 3.25. The van der Waals surface area contributed by atoms with E-state index in [9.17, 15) is 9.59 Å². The summed E-state index contributed by atoms with van der Waals surface area (Å²) in [7, 11) is 0. The summed E-state index contributed by atoms with van der Waals surface area (Å²) in [5, 5.41) is 0.741. The summed E-state index contributed by atoms with van der Waals surface area (Å²) >= 11 is 7.70. The highest BCUT2D eigenvalue weighted by molar-refractivity contribution is 7.97. The molecule has 4 rings (SSSR count). The average molecular weight is 702 g/mol. The van der Waals surface area contributed by atoms with Crippen LogP contribution in [-0.2, 0) is 25.4 Å². The Bertz CT molecular complexity index is 1360. The van der Waals surface area contributed by atoms with Crippen molar-refractivity contribution in [2.24, 2.45) is 5.92 Å². The molecule has 0 aliphatic carbocycles. The molecule has 1 fully saturated rings. The van der Waals surface area contributed by atoms with E-state index in [1.54, 1.807) is 4.90 Å². The third-order valence-corrected chi connectivity index (χ3v) is 9.58. The molecule has 9 nitrogen and oxygen atoms in total. The van der Waals surface area contributed by atoms with Crippen molar-refractivity contribution in [1.82, 2.24) is 9.62 Å². The number of halogens is 1. The number of morpholine rings is 1. The lowest BCUT2D eigenvalue weighted by Gasteiger charge is -2.32. The third-order valence-electron chi connectivity index (χ3n) is 8.64. The first-order valence-electron chi connectivity index (χ1n) is 17.1. The summed E-state index contributed by atoms with van der Waals surface area (Å²) in [6.07, 6.45) is 7.47. The lowest BCUT2D eigenvalue weighted by Crippen LogP contribution is -2.43. The van der Waals surface area contributed by atoms with E-state index in [4.69, 9.17) is 30.5 Å². The number of amides is 2. The number of carbonyl (C=O) groups is 2. The van der Waals surface area contributed by atoms with Crippen LogP contribution in [0.2, 0.25) is 5.02 Å². The van der Waals surface area contributed by atoms with Gasteiger partial charge in [-0.05, 0) is 99.5 Å². The van der Waals surface area contributed by atoms with E-state index in [1.165, 1.54) is 23.1 Å². The molecule has 264 valence electrons. The molecule has 3 unspecified atom stereocenters. The Morgan fingerprint density at radius 2 is 1.96 bits per heavy atom. The summed E-state index contributed by atoms with van der Waals surface area (Å²) in [6, 6.07) is 12.2. The Hall–Kier alpha value is -2.92. The molecule has 0 aromatic heterocycles. The predicted octanol–water partition coefficient (Wildman–Crippen LogP) is 7.65. The van der Waals surface area contributed by atoms with Gasteiger partial charge in [-0.2, -0.15) is 0 Å². The van der Waals surface area contributed by atoms with Crippen molar-refractivity contribution in [2.75, 3.05) is 57.5 Å². The third kappa shape index (κ3) is 11.3. The van der Waals surface area contributed by atoms with Crippen LogP contribution in [0.25, 0.3) is 0 Å². The second-order valence-corrected chi connectivity index (χ2v) is 14.6. The van der Waals surface area contributed by atoms with Gasteiger partial charge in [-0.1, -0.05) is 44.0 Å². The molecule has 2 aliphatic rings. The Balaban J connectivity index is 1.60. The maximum absolute atomic E-state index is 13.3. The zero-order valence-electron chi connectivity index (χ0n) is 29.0. The number of anilines is 1. The Kier molecular flexibility index (Phi) is 14.8. The molecule has 11 heteroatoms. The smallest absolute Gasteiger partial charge is 0.410 e. The molecule has 2 amide bonds. The zero-order chi connectivity index (χ0) is 34.5. The summed E-state index contributed by atoms with van der Waals surface area (Å²) in [4.78, 5) is 29.4. The van der Waals surface area contributed by atoms with Gasteiger partial charge in [0, 0.05) is 47.9 Å². The van der Waals surface area contributed by atoms with Crippen molar-refractivity contribution in [3.05, 3.63) is 64.7 Å². The van der Waals surface area contributed by atoms with Gasteiger partial charge in [-0.25, -0.2) is 4.79 Å². The van der Waals surface area contributed by atoms with Crippen molar-refractivity contribution in [3.63, 3.8) is 0 Å². The molecule has 0 spiro atoms. The highest BCUT2D eigenvalue weighted by Gasteiger charge is 2.30. The Morgan fingerprint density at radius 1 is 1.17 bits per heavy atom. The Morgan fingerprint density at radius 3 is 2.67 bits per heavy atom. The minimum absolute atomic E-state index is 0.0624. The minimum atomic E-state index is -0.418. The lowest BCUT2D eigenvalue weighted by molar-refractivity contribution is -0.107. The van der Waals surface area contributed by atoms with Crippen LogP contribution in [0, 0.1) is 5.92 Å². The van der Waals surface area contributed by atoms with Crippen LogP contribution < -0.4 is 14.4 Å². The SMILES string of the molecule is CCCc1cc(Cl)ccc1C1COc2ccc(SNC=O)cc2N(CCC(CC)C(/C=C/COC(C)(C)C)OC(=O)N2CCOCC2)C1. The number of carbonyl (C=O) groups excluding carboxylic acids is 2. The predicted molar refractivity (Wildman–Crippen MR) is 193 cm³/mol. The molecule has 1 N–H and O–H groups in total. The van der Waals surface area contributed by atoms with Crippen LogP contribution in [0.1, 0.15) is 70.9 Å². The normalized spacial score (nSPS) is 18.1. The number of nitrogens with one attached hydrogen (secondary N) is 1. The highest BCUT2D eigenvalue weighted by Crippen LogP contribution is 2.39. The summed E-state index contributed by atoms with van der Waals surface area (Å²) in [5.41, 5.74) is 3.21. The first-order valence-corrected chi connectivity index (χ1v) is 18.3. The van der Waals surface area contributed by atoms with E-state index in [0.29, 0.717) is 45.9 Å². The van der Waals surface area contributed by atoms with E-state index < -0.39 is 6.10 Å². The molecule has 0 bridgehead atoms. The quantitative estimate of drug-likeness (QED) is 0.115. The largest absolute Gasteiger partial charge is 0.491 e. The zero-order valence-corrected chi connectivity index (χ0v) is 30.6. The molecule has 2 aliphatic heterocycles. The monoisotopic (exact) mass is 701 g/mol. The number of aryl methyl sites for hydroxylation is 1. The summed E-state index contributed by atoms with van der Waals surface area (Å²) < 4.78 is 26.8. The van der Waals surface area contributed by atoms with Crippen LogP contribution in [0.15, 0.2) is 53.4 Å². The number of ether oxygens (including phenoxy) is 4. The molecule has 0 radical (unpaired) electrons. The van der Waals surface area contributed by atoms with E-state index in [1.807, 2.05) is 51.1 Å². The second kappa shape index (κ2) is 18.7. The van der Waals surface area contributed by atoms with Gasteiger partial charge in [-0.15, -0.1) is 0 Å². The highest BCUT2D eigenvalue weighted by atomic mass is 35.5. The van der Waals surface area contributed by atoms with Crippen molar-refractivity contribution in [3.8, 4) is 5.75 Å². The van der Waals surface area contributed by atoms with Crippen molar-refractivity contribution in [2.45, 2.75) is 82.8 Å². The fourth-order valence-electron chi connectivity index (χ4n) is 6.13. The van der Waals surface area contributed by atoms with Crippen LogP contribution in [0.3, 0.4) is 0 Å². The lowest BCUT2D eigenvalue weighted by atomic mass is 9.91. The molecule has 3 atom stereocenters. The molecule has 2 aromatic rings. The van der Waals surface area contributed by atoms with Gasteiger partial charge in [0.25, 0.3) is 0 Å². The van der Waals surface area contributed by atoms with Gasteiger partial charge >= 0.3 is 6.09 Å². The van der Waals surface area contributed by atoms with E-state index >= 15 is 0 Å². The van der Waals surface area contributed by atoms with E-state index in [0.717, 1.165) is 60.1 Å². The topological polar surface area (TPSA) is 89.6 Å². The van der Waals surface area contributed by atoms with Gasteiger partial charge in [-0.3, -0.25) is 9.52 Å². The fraction of sp³-hybridized carbons (Fsp3) is 0.568. The number of fused-ring (bicyclic) bond motifs is 1. The van der Waals surface area contributed by atoms with Gasteiger partial charge in [0.15, 0.2) is 0 Å². The standard InChI is InChI=1S/C37H52ClN3O6S/c1-6-9-28-22-30(38)11-13-32(28)29-24-41(33-23-31(48-39-26-42)12-14-35(33)45-25-29)16-15-27(7-2)34(10-8-19-46-37(3,4)5)47-36(43)40-17-20-44-21-18-40/h8,10-14,22-23,26-27,29,34H,6-7,9,15-21,24-25H2,1-5H3,(H,39,42)/b10-8+. The van der Waals surface area contributed by atoms with Gasteiger partial charge in [0.2, 0.25) is 6.41 Å². The van der Waals surface area contributed by atoms with Gasteiger partial charge in [0.05, 0.1) is 37.7 Å². The first-order chi connectivity index (χ1) is 23.1. The number of rotatable bonds is 15. The van der Waals surface area contributed by atoms with Crippen LogP contribution in [0.4, 0.5) is 10.5 Å². The maximum Gasteiger partial charge on any atom is 0.410 e. The molecule has 2 heterocycles. The van der Waals surface area contributed by atoms with Crippen LogP contribution in [-0.4, -0.2) is 81.7 Å². The molecular weight excluding hydrogens is 650 g/mol. The first kappa shape index (κ1) is 37.9. The van der Waals surface area contributed by atoms with Gasteiger partial charge < -0.3 is 28.7 Å². The summed E-state index contributed by atoms with van der Waals surface area (Å²) in [6.45, 7) is 14.9. The van der Waals surface area contributed by atoms with Gasteiger partial charge in [0.1, 0.15) is 11.9 Å². The van der Waals surface area contributed by atoms with Crippen molar-refractivity contribution in [1.29, 1.82) is 0 Å². The number of benzene rings is 2. The van der Waals surface area contributed by atoms with E-state index in [2.05, 4.69) is 41.7 Å². The Labute approximate surface area is 295 Å². The molecular formula is C37H52ClN3O6S. The number of hydrogen-bond donors (Lipinski definition) is 1. The van der Waals surface area contributed by atoms with Crippen molar-refractivity contribution >= 4 is 41.7 Å². The molecule has 48 heavy (non-hydrogen) atoms. The van der Waals surface area contributed by atoms with Crippen LogP contribution >= 0.6 is 23.5 Å². The second-order valence-electron chi connectivity index (χ2n) is 13.3. The maximum atomic E-state index is 13.3. The van der Waals surface area contributed by atoms with E-state index in [-0.39, 0.29) is 23.5 Å². The molecule has 0 saturated carbocycles. The minimum Gasteiger partial charge on any atom is -0.491 e. The fourth-order valence-corrected chi connectivity index (χ4v) is 6.81. The summed E-state index contributed by atoms with van der Waals surface area (Å²) in [5.74, 6) is 0.985. The number of hydrogen-bond acceptors (Lipinski definition) is 8. The van der Waals surface area contributed by atoms with Crippen LogP contribution in [0.5, 0.6) is 5.75 Å². The molecule has 1 saturated heterocycles. The number of nitrogens with zero attached hydrogens (tertiary/aromatic N) is 2. The molecule has 2 aromatic carbocycles.